The molecule has 0 saturated carbocycles. The number of carbonyl (C=O) groups excluding carboxylic acids is 2. The lowest BCUT2D eigenvalue weighted by Crippen LogP contribution is -2.32. The van der Waals surface area contributed by atoms with Crippen molar-refractivity contribution >= 4 is 28.9 Å². The molecule has 0 saturated heterocycles. The highest BCUT2D eigenvalue weighted by molar-refractivity contribution is 5.95. The van der Waals surface area contributed by atoms with Crippen molar-refractivity contribution in [1.82, 2.24) is 0 Å². The van der Waals surface area contributed by atoms with Crippen LogP contribution < -0.4 is 15.1 Å². The van der Waals surface area contributed by atoms with E-state index in [4.69, 9.17) is 0 Å². The zero-order valence-electron chi connectivity index (χ0n) is 18.3. The average Bonchev–Trinajstić information content (AvgIpc) is 2.71. The zero-order valence-corrected chi connectivity index (χ0v) is 18.3. The summed E-state index contributed by atoms with van der Waals surface area (Å²) in [6.45, 7) is 12.1. The Kier molecular flexibility index (Phi) is 8.25. The van der Waals surface area contributed by atoms with Crippen molar-refractivity contribution in [3.63, 3.8) is 0 Å². The van der Waals surface area contributed by atoms with Crippen molar-refractivity contribution in [1.29, 1.82) is 0 Å². The molecule has 0 atom stereocenters. The van der Waals surface area contributed by atoms with Crippen molar-refractivity contribution in [3.05, 3.63) is 53.6 Å². The molecule has 2 aromatic carbocycles. The third kappa shape index (κ3) is 5.83. The summed E-state index contributed by atoms with van der Waals surface area (Å²) in [7, 11) is 0. The molecule has 0 aromatic heterocycles. The average molecular weight is 396 g/mol. The monoisotopic (exact) mass is 395 g/mol. The number of amides is 2. The van der Waals surface area contributed by atoms with Gasteiger partial charge in [0.15, 0.2) is 0 Å². The molecule has 5 heteroatoms. The predicted molar refractivity (Wildman–Crippen MR) is 122 cm³/mol. The van der Waals surface area contributed by atoms with E-state index in [2.05, 4.69) is 31.0 Å². The molecule has 5 nitrogen and oxygen atoms in total. The lowest BCUT2D eigenvalue weighted by Gasteiger charge is -2.24. The maximum atomic E-state index is 12.6. The van der Waals surface area contributed by atoms with Gasteiger partial charge in [-0.2, -0.15) is 0 Å². The number of anilines is 3. The van der Waals surface area contributed by atoms with Crippen LogP contribution in [0, 0.1) is 6.92 Å². The highest BCUT2D eigenvalue weighted by atomic mass is 16.2. The fourth-order valence-corrected chi connectivity index (χ4v) is 3.52. The van der Waals surface area contributed by atoms with Gasteiger partial charge in [-0.05, 0) is 62.6 Å². The summed E-state index contributed by atoms with van der Waals surface area (Å²) in [6, 6.07) is 14.0. The molecule has 0 aliphatic rings. The van der Waals surface area contributed by atoms with Crippen molar-refractivity contribution in [3.8, 4) is 0 Å². The minimum atomic E-state index is -0.0833. The predicted octanol–water partition coefficient (Wildman–Crippen LogP) is 4.79. The van der Waals surface area contributed by atoms with Gasteiger partial charge in [-0.1, -0.05) is 25.1 Å². The van der Waals surface area contributed by atoms with Crippen LogP contribution in [0.1, 0.15) is 45.2 Å². The van der Waals surface area contributed by atoms with E-state index in [1.54, 1.807) is 4.90 Å². The van der Waals surface area contributed by atoms with Crippen molar-refractivity contribution < 1.29 is 9.59 Å². The van der Waals surface area contributed by atoms with E-state index in [0.29, 0.717) is 6.54 Å². The van der Waals surface area contributed by atoms with Gasteiger partial charge in [0, 0.05) is 50.0 Å². The smallest absolute Gasteiger partial charge is 0.226 e. The van der Waals surface area contributed by atoms with Crippen LogP contribution in [0.5, 0.6) is 0 Å². The lowest BCUT2D eigenvalue weighted by atomic mass is 10.1. The second-order valence-electron chi connectivity index (χ2n) is 7.12. The normalized spacial score (nSPS) is 10.5. The number of aryl methyl sites for hydroxylation is 2. The summed E-state index contributed by atoms with van der Waals surface area (Å²) >= 11 is 0. The highest BCUT2D eigenvalue weighted by Crippen LogP contribution is 2.23. The van der Waals surface area contributed by atoms with Crippen molar-refractivity contribution in [2.45, 2.75) is 47.5 Å². The minimum absolute atomic E-state index is 0.0708. The van der Waals surface area contributed by atoms with Gasteiger partial charge >= 0.3 is 0 Å². The summed E-state index contributed by atoms with van der Waals surface area (Å²) in [6.07, 6.45) is 1.10. The summed E-state index contributed by atoms with van der Waals surface area (Å²) in [4.78, 5) is 28.7. The maximum absolute atomic E-state index is 12.6. The molecule has 1 N–H and O–H groups in total. The molecule has 29 heavy (non-hydrogen) atoms. The molecule has 0 aliphatic heterocycles. The van der Waals surface area contributed by atoms with Gasteiger partial charge in [0.1, 0.15) is 0 Å². The summed E-state index contributed by atoms with van der Waals surface area (Å²) < 4.78 is 0. The van der Waals surface area contributed by atoms with Gasteiger partial charge in [0.25, 0.3) is 0 Å². The fourth-order valence-electron chi connectivity index (χ4n) is 3.52. The van der Waals surface area contributed by atoms with Crippen LogP contribution in [0.25, 0.3) is 0 Å². The number of rotatable bonds is 9. The fraction of sp³-hybridized carbons (Fsp3) is 0.417. The Balaban J connectivity index is 2.06. The Morgan fingerprint density at radius 3 is 2.10 bits per heavy atom. The Morgan fingerprint density at radius 2 is 1.55 bits per heavy atom. The van der Waals surface area contributed by atoms with E-state index in [9.17, 15) is 9.59 Å². The lowest BCUT2D eigenvalue weighted by molar-refractivity contribution is -0.117. The molecule has 0 fully saturated rings. The topological polar surface area (TPSA) is 52.7 Å². The van der Waals surface area contributed by atoms with Crippen LogP contribution >= 0.6 is 0 Å². The Bertz CT molecular complexity index is 827. The van der Waals surface area contributed by atoms with Crippen LogP contribution in [0.3, 0.4) is 0 Å². The maximum Gasteiger partial charge on any atom is 0.226 e. The molecule has 0 unspecified atom stereocenters. The van der Waals surface area contributed by atoms with Gasteiger partial charge in [-0.3, -0.25) is 9.59 Å². The molecular formula is C24H33N3O2. The molecule has 0 spiro atoms. The molecule has 2 aromatic rings. The number of hydrogen-bond donors (Lipinski definition) is 1. The molecule has 2 rings (SSSR count). The number of carbonyl (C=O) groups is 2. The Morgan fingerprint density at radius 1 is 0.931 bits per heavy atom. The number of hydrogen-bond acceptors (Lipinski definition) is 3. The first-order chi connectivity index (χ1) is 13.9. The third-order valence-electron chi connectivity index (χ3n) is 5.24. The van der Waals surface area contributed by atoms with Gasteiger partial charge in [0.2, 0.25) is 11.8 Å². The van der Waals surface area contributed by atoms with Crippen LogP contribution in [0.2, 0.25) is 0 Å². The summed E-state index contributed by atoms with van der Waals surface area (Å²) in [5.41, 5.74) is 5.00. The molecule has 156 valence electrons. The standard InChI is InChI=1S/C24H33N3O2/c1-6-20-11-9-10-18(4)24(20)25-23(29)16-17-27(19(5)28)22-14-12-21(13-15-22)26(7-2)8-3/h9-15H,6-8,16-17H2,1-5H3,(H,25,29). The molecule has 0 radical (unpaired) electrons. The molecule has 0 bridgehead atoms. The zero-order chi connectivity index (χ0) is 21.4. The highest BCUT2D eigenvalue weighted by Gasteiger charge is 2.15. The first-order valence-corrected chi connectivity index (χ1v) is 10.4. The van der Waals surface area contributed by atoms with Crippen LogP contribution in [0.4, 0.5) is 17.1 Å². The second-order valence-corrected chi connectivity index (χ2v) is 7.12. The van der Waals surface area contributed by atoms with E-state index in [1.807, 2.05) is 49.4 Å². The van der Waals surface area contributed by atoms with Gasteiger partial charge in [-0.25, -0.2) is 0 Å². The van der Waals surface area contributed by atoms with E-state index >= 15 is 0 Å². The van der Waals surface area contributed by atoms with E-state index in [0.717, 1.165) is 47.7 Å². The third-order valence-corrected chi connectivity index (χ3v) is 5.24. The molecular weight excluding hydrogens is 362 g/mol. The minimum Gasteiger partial charge on any atom is -0.372 e. The largest absolute Gasteiger partial charge is 0.372 e. The number of nitrogens with zero attached hydrogens (tertiary/aromatic N) is 2. The number of benzene rings is 2. The first kappa shape index (κ1) is 22.5. The molecule has 0 aliphatic carbocycles. The Hall–Kier alpha value is -2.82. The molecule has 0 heterocycles. The van der Waals surface area contributed by atoms with E-state index in [-0.39, 0.29) is 18.2 Å². The number of nitrogens with one attached hydrogen (secondary N) is 1. The van der Waals surface area contributed by atoms with Crippen LogP contribution in [-0.2, 0) is 16.0 Å². The van der Waals surface area contributed by atoms with Crippen LogP contribution in [0.15, 0.2) is 42.5 Å². The van der Waals surface area contributed by atoms with Gasteiger partial charge in [0.05, 0.1) is 0 Å². The summed E-state index contributed by atoms with van der Waals surface area (Å²) in [5, 5.41) is 3.03. The van der Waals surface area contributed by atoms with Crippen molar-refractivity contribution in [2.75, 3.05) is 34.8 Å². The van der Waals surface area contributed by atoms with Gasteiger partial charge in [-0.15, -0.1) is 0 Å². The van der Waals surface area contributed by atoms with Crippen LogP contribution in [-0.4, -0.2) is 31.4 Å². The second kappa shape index (κ2) is 10.6. The van der Waals surface area contributed by atoms with E-state index in [1.165, 1.54) is 6.92 Å². The summed E-state index contributed by atoms with van der Waals surface area (Å²) in [5.74, 6) is -0.154. The quantitative estimate of drug-likeness (QED) is 0.664. The molecule has 2 amide bonds. The first-order valence-electron chi connectivity index (χ1n) is 10.4. The van der Waals surface area contributed by atoms with Gasteiger partial charge < -0.3 is 15.1 Å². The Labute approximate surface area is 174 Å². The number of para-hydroxylation sites is 1. The van der Waals surface area contributed by atoms with Crippen molar-refractivity contribution in [2.24, 2.45) is 0 Å². The van der Waals surface area contributed by atoms with E-state index < -0.39 is 0 Å². The SMILES string of the molecule is CCc1cccc(C)c1NC(=O)CCN(C(C)=O)c1ccc(N(CC)CC)cc1.